The highest BCUT2D eigenvalue weighted by Crippen LogP contribution is 2.33. The van der Waals surface area contributed by atoms with Gasteiger partial charge in [-0.15, -0.1) is 11.3 Å². The molecule has 2 heterocycles. The summed E-state index contributed by atoms with van der Waals surface area (Å²) in [4.78, 5) is 35.9. The Morgan fingerprint density at radius 3 is 2.38 bits per heavy atom. The van der Waals surface area contributed by atoms with Crippen LogP contribution in [-0.2, 0) is 20.8 Å². The minimum atomic E-state index is -0.737. The van der Waals surface area contributed by atoms with E-state index in [-0.39, 0.29) is 33.4 Å². The molecule has 2 rings (SSSR count). The summed E-state index contributed by atoms with van der Waals surface area (Å²) in [5.74, 6) is -2.12. The van der Waals surface area contributed by atoms with E-state index in [2.05, 4.69) is 9.47 Å². The predicted molar refractivity (Wildman–Crippen MR) is 84.0 cm³/mol. The lowest BCUT2D eigenvalue weighted by Gasteiger charge is -2.07. The van der Waals surface area contributed by atoms with Crippen LogP contribution in [0.3, 0.4) is 0 Å². The van der Waals surface area contributed by atoms with Crippen molar-refractivity contribution in [3.8, 4) is 0 Å². The highest BCUT2D eigenvalue weighted by atomic mass is 32.1. The zero-order valence-corrected chi connectivity index (χ0v) is 14.0. The molecule has 2 aromatic rings. The molecule has 0 aliphatic rings. The number of ether oxygens (including phenoxy) is 3. The molecule has 2 aromatic heterocycles. The summed E-state index contributed by atoms with van der Waals surface area (Å²) < 4.78 is 19.5. The first-order valence-electron chi connectivity index (χ1n) is 6.69. The third kappa shape index (κ3) is 3.25. The highest BCUT2D eigenvalue weighted by Gasteiger charge is 2.28. The smallest absolute Gasteiger partial charge is 0.374 e. The van der Waals surface area contributed by atoms with E-state index in [0.29, 0.717) is 5.56 Å². The molecular formula is C15H15NO7S. The topological polar surface area (TPSA) is 118 Å². The van der Waals surface area contributed by atoms with Gasteiger partial charge < -0.3 is 24.4 Å². The molecule has 0 aliphatic heterocycles. The molecule has 0 aliphatic carbocycles. The van der Waals surface area contributed by atoms with Gasteiger partial charge >= 0.3 is 17.9 Å². The summed E-state index contributed by atoms with van der Waals surface area (Å²) in [6.07, 6.45) is 1.36. The number of anilines is 1. The van der Waals surface area contributed by atoms with Gasteiger partial charge in [-0.25, -0.2) is 14.4 Å². The van der Waals surface area contributed by atoms with E-state index in [0.717, 1.165) is 11.3 Å². The maximum absolute atomic E-state index is 12.0. The first-order chi connectivity index (χ1) is 11.4. The van der Waals surface area contributed by atoms with Gasteiger partial charge in [0.15, 0.2) is 0 Å². The molecule has 0 saturated carbocycles. The number of methoxy groups -OCH3 is 2. The van der Waals surface area contributed by atoms with Crippen molar-refractivity contribution in [2.24, 2.45) is 0 Å². The van der Waals surface area contributed by atoms with Crippen LogP contribution < -0.4 is 5.73 Å². The lowest BCUT2D eigenvalue weighted by atomic mass is 10.1. The normalized spacial score (nSPS) is 10.3. The van der Waals surface area contributed by atoms with Gasteiger partial charge in [0.2, 0.25) is 5.76 Å². The second kappa shape index (κ2) is 7.18. The largest absolute Gasteiger partial charge is 0.465 e. The standard InChI is InChI=1S/C15H15NO7S/c1-7-4-5-22-10(7)14(18)23-6-8-9(13(17)20-2)12(16)24-11(8)15(19)21-3/h4-5H,6,16H2,1-3H3. The van der Waals surface area contributed by atoms with E-state index < -0.39 is 17.9 Å². The van der Waals surface area contributed by atoms with Crippen LogP contribution in [0.15, 0.2) is 16.7 Å². The molecule has 0 atom stereocenters. The van der Waals surface area contributed by atoms with E-state index in [4.69, 9.17) is 14.9 Å². The van der Waals surface area contributed by atoms with Crippen LogP contribution in [0.1, 0.15) is 41.7 Å². The summed E-state index contributed by atoms with van der Waals surface area (Å²) in [6, 6.07) is 1.61. The lowest BCUT2D eigenvalue weighted by Crippen LogP contribution is -2.12. The molecule has 0 bridgehead atoms. The average molecular weight is 353 g/mol. The van der Waals surface area contributed by atoms with Crippen LogP contribution in [0, 0.1) is 6.92 Å². The summed E-state index contributed by atoms with van der Waals surface area (Å²) in [7, 11) is 2.37. The minimum Gasteiger partial charge on any atom is -0.465 e. The van der Waals surface area contributed by atoms with Crippen molar-refractivity contribution >= 4 is 34.2 Å². The highest BCUT2D eigenvalue weighted by molar-refractivity contribution is 7.18. The molecule has 0 spiro atoms. The number of thiophene rings is 1. The molecule has 0 fully saturated rings. The number of hydrogen-bond acceptors (Lipinski definition) is 9. The summed E-state index contributed by atoms with van der Waals surface area (Å²) >= 11 is 0.857. The van der Waals surface area contributed by atoms with E-state index >= 15 is 0 Å². The SMILES string of the molecule is COC(=O)c1sc(N)c(C(=O)OC)c1COC(=O)c1occc1C. The van der Waals surface area contributed by atoms with Gasteiger partial charge in [0.1, 0.15) is 22.0 Å². The molecule has 0 saturated heterocycles. The van der Waals surface area contributed by atoms with Gasteiger partial charge in [-0.2, -0.15) is 0 Å². The Labute approximate surface area is 141 Å². The molecule has 128 valence electrons. The molecule has 24 heavy (non-hydrogen) atoms. The molecule has 9 heteroatoms. The third-order valence-electron chi connectivity index (χ3n) is 3.19. The molecule has 0 unspecified atom stereocenters. The van der Waals surface area contributed by atoms with E-state index in [1.165, 1.54) is 20.5 Å². The minimum absolute atomic E-state index is 0.0214. The van der Waals surface area contributed by atoms with E-state index in [1.54, 1.807) is 13.0 Å². The van der Waals surface area contributed by atoms with Gasteiger partial charge in [0.05, 0.1) is 20.5 Å². The molecule has 0 aromatic carbocycles. The number of furan rings is 1. The first kappa shape index (κ1) is 17.5. The van der Waals surface area contributed by atoms with E-state index in [1.807, 2.05) is 0 Å². The Morgan fingerprint density at radius 1 is 1.17 bits per heavy atom. The second-order valence-electron chi connectivity index (χ2n) is 4.64. The number of nitrogen functional groups attached to an aromatic ring is 1. The molecule has 0 amide bonds. The number of hydrogen-bond donors (Lipinski definition) is 1. The van der Waals surface area contributed by atoms with E-state index in [9.17, 15) is 14.4 Å². The van der Waals surface area contributed by atoms with Gasteiger partial charge in [0.25, 0.3) is 0 Å². The second-order valence-corrected chi connectivity index (χ2v) is 5.69. The van der Waals surface area contributed by atoms with Crippen LogP contribution >= 0.6 is 11.3 Å². The maximum Gasteiger partial charge on any atom is 0.374 e. The fourth-order valence-corrected chi connectivity index (χ4v) is 2.97. The summed E-state index contributed by atoms with van der Waals surface area (Å²) in [5.41, 5.74) is 6.50. The zero-order chi connectivity index (χ0) is 17.9. The van der Waals surface area contributed by atoms with Crippen molar-refractivity contribution in [1.29, 1.82) is 0 Å². The summed E-state index contributed by atoms with van der Waals surface area (Å²) in [5, 5.41) is 0.0717. The third-order valence-corrected chi connectivity index (χ3v) is 4.23. The Morgan fingerprint density at radius 2 is 1.83 bits per heavy atom. The number of esters is 3. The van der Waals surface area contributed by atoms with Crippen molar-refractivity contribution in [1.82, 2.24) is 0 Å². The van der Waals surface area contributed by atoms with Crippen molar-refractivity contribution in [3.63, 3.8) is 0 Å². The fourth-order valence-electron chi connectivity index (χ4n) is 1.99. The number of aryl methyl sites for hydroxylation is 1. The Bertz CT molecular complexity index is 790. The van der Waals surface area contributed by atoms with Crippen LogP contribution in [0.4, 0.5) is 5.00 Å². The number of nitrogens with two attached hydrogens (primary N) is 1. The number of carbonyl (C=O) groups excluding carboxylic acids is 3. The number of carbonyl (C=O) groups is 3. The van der Waals surface area contributed by atoms with Crippen LogP contribution in [0.2, 0.25) is 0 Å². The zero-order valence-electron chi connectivity index (χ0n) is 13.2. The van der Waals surface area contributed by atoms with Crippen LogP contribution in [0.25, 0.3) is 0 Å². The number of rotatable bonds is 5. The molecular weight excluding hydrogens is 338 g/mol. The monoisotopic (exact) mass is 353 g/mol. The van der Waals surface area contributed by atoms with Gasteiger partial charge in [-0.05, 0) is 13.0 Å². The van der Waals surface area contributed by atoms with Crippen LogP contribution in [-0.4, -0.2) is 32.1 Å². The average Bonchev–Trinajstić information content (AvgIpc) is 3.14. The quantitative estimate of drug-likeness (QED) is 0.642. The van der Waals surface area contributed by atoms with Gasteiger partial charge in [-0.1, -0.05) is 0 Å². The van der Waals surface area contributed by atoms with Crippen molar-refractivity contribution < 1.29 is 33.0 Å². The molecule has 8 nitrogen and oxygen atoms in total. The fraction of sp³-hybridized carbons (Fsp3) is 0.267. The maximum atomic E-state index is 12.0. The first-order valence-corrected chi connectivity index (χ1v) is 7.51. The Hall–Kier alpha value is -2.81. The molecule has 0 radical (unpaired) electrons. The van der Waals surface area contributed by atoms with Crippen LogP contribution in [0.5, 0.6) is 0 Å². The van der Waals surface area contributed by atoms with Crippen molar-refractivity contribution in [2.45, 2.75) is 13.5 Å². The lowest BCUT2D eigenvalue weighted by molar-refractivity contribution is 0.0419. The Kier molecular flexibility index (Phi) is 5.24. The molecule has 2 N–H and O–H groups in total. The van der Waals surface area contributed by atoms with Gasteiger partial charge in [0, 0.05) is 11.1 Å². The van der Waals surface area contributed by atoms with Gasteiger partial charge in [-0.3, -0.25) is 0 Å². The van der Waals surface area contributed by atoms with Crippen molar-refractivity contribution in [2.75, 3.05) is 20.0 Å². The Balaban J connectivity index is 2.33. The van der Waals surface area contributed by atoms with Crippen molar-refractivity contribution in [3.05, 3.63) is 39.7 Å². The summed E-state index contributed by atoms with van der Waals surface area (Å²) in [6.45, 7) is 1.32. The predicted octanol–water partition coefficient (Wildman–Crippen LogP) is 2.16.